The average molecular weight is 419 g/mol. The Morgan fingerprint density at radius 3 is 2.25 bits per heavy atom. The van der Waals surface area contributed by atoms with Crippen LogP contribution < -0.4 is 10.2 Å². The van der Waals surface area contributed by atoms with E-state index in [2.05, 4.69) is 5.32 Å². The molecule has 2 fully saturated rings. The summed E-state index contributed by atoms with van der Waals surface area (Å²) in [5.74, 6) is -0.799. The predicted octanol–water partition coefficient (Wildman–Crippen LogP) is 2.92. The van der Waals surface area contributed by atoms with E-state index >= 15 is 0 Å². The maximum absolute atomic E-state index is 13.1. The zero-order chi connectivity index (χ0) is 20.5. The highest BCUT2D eigenvalue weighted by Gasteiger charge is 2.33. The van der Waals surface area contributed by atoms with Crippen LogP contribution in [0.1, 0.15) is 31.2 Å². The zero-order valence-corrected chi connectivity index (χ0v) is 16.4. The number of anilines is 2. The van der Waals surface area contributed by atoms with Crippen molar-refractivity contribution in [1.82, 2.24) is 4.31 Å². The first kappa shape index (κ1) is 20.9. The van der Waals surface area contributed by atoms with Gasteiger partial charge in [0.25, 0.3) is 0 Å². The molecule has 1 amide bonds. The second-order valence-corrected chi connectivity index (χ2v) is 9.33. The third kappa shape index (κ3) is 4.78. The van der Waals surface area contributed by atoms with Gasteiger partial charge in [-0.25, -0.2) is 12.7 Å². The predicted molar refractivity (Wildman–Crippen MR) is 101 cm³/mol. The SMILES string of the molecule is CS(=O)(=O)N1CCC(C(=O)Nc2cc(C(F)(F)F)ccc2N2CCCC2)CC1. The van der Waals surface area contributed by atoms with Gasteiger partial charge in [-0.3, -0.25) is 4.79 Å². The monoisotopic (exact) mass is 419 g/mol. The molecule has 0 spiro atoms. The van der Waals surface area contributed by atoms with Gasteiger partial charge in [-0.1, -0.05) is 0 Å². The lowest BCUT2D eigenvalue weighted by Crippen LogP contribution is -2.41. The number of hydrogen-bond donors (Lipinski definition) is 1. The fraction of sp³-hybridized carbons (Fsp3) is 0.611. The summed E-state index contributed by atoms with van der Waals surface area (Å²) >= 11 is 0. The number of carbonyl (C=O) groups excluding carboxylic acids is 1. The van der Waals surface area contributed by atoms with Crippen molar-refractivity contribution in [2.24, 2.45) is 5.92 Å². The third-order valence-corrected chi connectivity index (χ3v) is 6.63. The highest BCUT2D eigenvalue weighted by atomic mass is 32.2. The van der Waals surface area contributed by atoms with Gasteiger partial charge in [0.05, 0.1) is 23.2 Å². The van der Waals surface area contributed by atoms with Gasteiger partial charge in [-0.15, -0.1) is 0 Å². The fourth-order valence-electron chi connectivity index (χ4n) is 3.73. The first-order valence-electron chi connectivity index (χ1n) is 9.28. The van der Waals surface area contributed by atoms with Crippen LogP contribution >= 0.6 is 0 Å². The molecule has 2 aliphatic rings. The molecule has 6 nitrogen and oxygen atoms in total. The molecule has 0 saturated carbocycles. The highest BCUT2D eigenvalue weighted by molar-refractivity contribution is 7.88. The van der Waals surface area contributed by atoms with Crippen molar-refractivity contribution in [2.45, 2.75) is 31.9 Å². The molecule has 1 aromatic rings. The Labute approximate surface area is 162 Å². The lowest BCUT2D eigenvalue weighted by molar-refractivity contribution is -0.137. The number of rotatable bonds is 4. The van der Waals surface area contributed by atoms with Crippen molar-refractivity contribution < 1.29 is 26.4 Å². The number of hydrogen-bond acceptors (Lipinski definition) is 4. The molecule has 2 aliphatic heterocycles. The molecular formula is C18H24F3N3O3S. The van der Waals surface area contributed by atoms with Crippen LogP contribution in [-0.4, -0.2) is 51.1 Å². The average Bonchev–Trinajstić information content (AvgIpc) is 3.14. The van der Waals surface area contributed by atoms with Crippen molar-refractivity contribution >= 4 is 27.3 Å². The molecule has 3 rings (SSSR count). The Morgan fingerprint density at radius 1 is 1.11 bits per heavy atom. The van der Waals surface area contributed by atoms with E-state index in [1.54, 1.807) is 0 Å². The molecule has 28 heavy (non-hydrogen) atoms. The Morgan fingerprint density at radius 2 is 1.71 bits per heavy atom. The van der Waals surface area contributed by atoms with E-state index < -0.39 is 27.7 Å². The molecule has 10 heteroatoms. The Hall–Kier alpha value is -1.81. The Kier molecular flexibility index (Phi) is 5.90. The summed E-state index contributed by atoms with van der Waals surface area (Å²) in [5, 5.41) is 2.67. The summed E-state index contributed by atoms with van der Waals surface area (Å²) < 4.78 is 63.9. The zero-order valence-electron chi connectivity index (χ0n) is 15.6. The minimum atomic E-state index is -4.50. The molecule has 0 radical (unpaired) electrons. The second kappa shape index (κ2) is 7.90. The molecule has 2 saturated heterocycles. The Balaban J connectivity index is 1.77. The first-order chi connectivity index (χ1) is 13.1. The number of nitrogens with zero attached hydrogens (tertiary/aromatic N) is 2. The van der Waals surface area contributed by atoms with Gasteiger partial charge in [0.1, 0.15) is 0 Å². The van der Waals surface area contributed by atoms with Crippen LogP contribution in [0.5, 0.6) is 0 Å². The van der Waals surface area contributed by atoms with Crippen molar-refractivity contribution in [3.05, 3.63) is 23.8 Å². The molecule has 0 aliphatic carbocycles. The van der Waals surface area contributed by atoms with E-state index in [0.29, 0.717) is 18.5 Å². The molecule has 0 unspecified atom stereocenters. The van der Waals surface area contributed by atoms with E-state index in [4.69, 9.17) is 0 Å². The summed E-state index contributed by atoms with van der Waals surface area (Å²) in [6.45, 7) is 1.94. The van der Waals surface area contributed by atoms with E-state index in [1.165, 1.54) is 10.4 Å². The van der Waals surface area contributed by atoms with Crippen LogP contribution in [0.4, 0.5) is 24.5 Å². The normalized spacial score (nSPS) is 19.8. The summed E-state index contributed by atoms with van der Waals surface area (Å²) in [7, 11) is -3.30. The topological polar surface area (TPSA) is 69.7 Å². The van der Waals surface area contributed by atoms with Crippen LogP contribution in [-0.2, 0) is 21.0 Å². The highest BCUT2D eigenvalue weighted by Crippen LogP contribution is 2.37. The summed E-state index contributed by atoms with van der Waals surface area (Å²) in [4.78, 5) is 14.6. The number of nitrogens with one attached hydrogen (secondary N) is 1. The number of piperidine rings is 1. The smallest absolute Gasteiger partial charge is 0.370 e. The maximum atomic E-state index is 13.1. The largest absolute Gasteiger partial charge is 0.416 e. The van der Waals surface area contributed by atoms with Crippen molar-refractivity contribution in [1.29, 1.82) is 0 Å². The van der Waals surface area contributed by atoms with Crippen LogP contribution in [0.15, 0.2) is 18.2 Å². The van der Waals surface area contributed by atoms with Gasteiger partial charge in [0.15, 0.2) is 0 Å². The van der Waals surface area contributed by atoms with Crippen LogP contribution in [0.2, 0.25) is 0 Å². The summed E-state index contributed by atoms with van der Waals surface area (Å²) in [5.41, 5.74) is -0.0580. The minimum absolute atomic E-state index is 0.160. The standard InChI is InChI=1S/C18H24F3N3O3S/c1-28(26,27)24-10-6-13(7-11-24)17(25)22-15-12-14(18(19,20)21)4-5-16(15)23-8-2-3-9-23/h4-5,12-13H,2-3,6-11H2,1H3,(H,22,25). The molecule has 0 bridgehead atoms. The minimum Gasteiger partial charge on any atom is -0.370 e. The van der Waals surface area contributed by atoms with Crippen molar-refractivity contribution in [3.8, 4) is 0 Å². The van der Waals surface area contributed by atoms with Crippen LogP contribution in [0.25, 0.3) is 0 Å². The molecular weight excluding hydrogens is 395 g/mol. The molecule has 1 N–H and O–H groups in total. The van der Waals surface area contributed by atoms with E-state index in [1.807, 2.05) is 4.90 Å². The van der Waals surface area contributed by atoms with Gasteiger partial charge in [-0.05, 0) is 43.9 Å². The van der Waals surface area contributed by atoms with Crippen LogP contribution in [0, 0.1) is 5.92 Å². The third-order valence-electron chi connectivity index (χ3n) is 5.32. The number of carbonyl (C=O) groups is 1. The molecule has 156 valence electrons. The molecule has 1 aromatic carbocycles. The second-order valence-electron chi connectivity index (χ2n) is 7.35. The number of sulfonamides is 1. The molecule has 2 heterocycles. The summed E-state index contributed by atoms with van der Waals surface area (Å²) in [6, 6.07) is 3.43. The van der Waals surface area contributed by atoms with Gasteiger partial charge in [-0.2, -0.15) is 13.2 Å². The first-order valence-corrected chi connectivity index (χ1v) is 11.1. The number of alkyl halides is 3. The van der Waals surface area contributed by atoms with Gasteiger partial charge in [0, 0.05) is 32.1 Å². The number of amides is 1. The van der Waals surface area contributed by atoms with E-state index in [9.17, 15) is 26.4 Å². The Bertz CT molecular complexity index is 828. The van der Waals surface area contributed by atoms with Gasteiger partial charge >= 0.3 is 6.18 Å². The van der Waals surface area contributed by atoms with Gasteiger partial charge < -0.3 is 10.2 Å². The molecule has 0 atom stereocenters. The fourth-order valence-corrected chi connectivity index (χ4v) is 4.60. The lowest BCUT2D eigenvalue weighted by atomic mass is 9.97. The van der Waals surface area contributed by atoms with Crippen molar-refractivity contribution in [3.63, 3.8) is 0 Å². The number of halogens is 3. The number of benzene rings is 1. The van der Waals surface area contributed by atoms with Gasteiger partial charge in [0.2, 0.25) is 15.9 Å². The van der Waals surface area contributed by atoms with Crippen LogP contribution in [0.3, 0.4) is 0 Å². The van der Waals surface area contributed by atoms with E-state index in [0.717, 1.165) is 44.3 Å². The van der Waals surface area contributed by atoms with Crippen molar-refractivity contribution in [2.75, 3.05) is 42.7 Å². The molecule has 0 aromatic heterocycles. The lowest BCUT2D eigenvalue weighted by Gasteiger charge is -2.30. The maximum Gasteiger partial charge on any atom is 0.416 e. The van der Waals surface area contributed by atoms with E-state index in [-0.39, 0.29) is 24.7 Å². The quantitative estimate of drug-likeness (QED) is 0.815. The summed E-state index contributed by atoms with van der Waals surface area (Å²) in [6.07, 6.45) is -0.771.